The molecule has 0 aliphatic heterocycles. The van der Waals surface area contributed by atoms with Crippen molar-refractivity contribution in [1.29, 1.82) is 0 Å². The quantitative estimate of drug-likeness (QED) is 0.384. The molecule has 0 saturated heterocycles. The van der Waals surface area contributed by atoms with Gasteiger partial charge < -0.3 is 25.7 Å². The maximum absolute atomic E-state index is 10.2. The van der Waals surface area contributed by atoms with Crippen LogP contribution in [0.15, 0.2) is 0 Å². The molecule has 2 atom stereocenters. The van der Waals surface area contributed by atoms with Gasteiger partial charge in [-0.05, 0) is 12.8 Å². The summed E-state index contributed by atoms with van der Waals surface area (Å²) >= 11 is 0. The molecule has 0 radical (unpaired) electrons. The van der Waals surface area contributed by atoms with Crippen LogP contribution in [0.1, 0.15) is 19.3 Å². The predicted octanol–water partition coefficient (Wildman–Crippen LogP) is -0.769. The van der Waals surface area contributed by atoms with Crippen LogP contribution in [-0.2, 0) is 4.79 Å². The number of carboxylic acid groups (broad SMARTS) is 2. The number of nitrogens with one attached hydrogen (secondary N) is 1. The van der Waals surface area contributed by atoms with E-state index in [-0.39, 0.29) is 19.4 Å². The molecule has 0 spiro atoms. The number of aliphatic hydroxyl groups excluding tert-OH is 2. The van der Waals surface area contributed by atoms with Crippen molar-refractivity contribution in [2.24, 2.45) is 0 Å². The molecule has 15 heavy (non-hydrogen) atoms. The van der Waals surface area contributed by atoms with Crippen molar-refractivity contribution >= 4 is 12.1 Å². The number of hydrogen-bond donors (Lipinski definition) is 5. The first-order valence-electron chi connectivity index (χ1n) is 4.46. The fraction of sp³-hybridized carbons (Fsp3) is 0.750. The van der Waals surface area contributed by atoms with E-state index >= 15 is 0 Å². The Kier molecular flexibility index (Phi) is 6.39. The molecule has 0 aliphatic carbocycles. The van der Waals surface area contributed by atoms with Crippen LogP contribution >= 0.6 is 0 Å². The van der Waals surface area contributed by atoms with Crippen LogP contribution in [0.3, 0.4) is 0 Å². The fourth-order valence-electron chi connectivity index (χ4n) is 1.06. The number of aliphatic carboxylic acids is 1. The van der Waals surface area contributed by atoms with Crippen molar-refractivity contribution < 1.29 is 30.0 Å². The van der Waals surface area contributed by atoms with Crippen molar-refractivity contribution in [1.82, 2.24) is 5.32 Å². The Bertz CT molecular complexity index is 219. The van der Waals surface area contributed by atoms with Crippen molar-refractivity contribution in [2.45, 2.75) is 31.5 Å². The van der Waals surface area contributed by atoms with Crippen molar-refractivity contribution in [2.75, 3.05) is 6.54 Å². The molecular weight excluding hydrogens is 206 g/mol. The van der Waals surface area contributed by atoms with E-state index in [9.17, 15) is 14.7 Å². The average Bonchev–Trinajstić information content (AvgIpc) is 2.00. The highest BCUT2D eigenvalue weighted by Crippen LogP contribution is 2.05. The van der Waals surface area contributed by atoms with Crippen LogP contribution in [0.5, 0.6) is 0 Å². The van der Waals surface area contributed by atoms with Gasteiger partial charge in [0.2, 0.25) is 0 Å². The van der Waals surface area contributed by atoms with Crippen molar-refractivity contribution in [3.63, 3.8) is 0 Å². The third-order valence-electron chi connectivity index (χ3n) is 1.71. The topological polar surface area (TPSA) is 127 Å². The standard InChI is InChI=1S/C8H15NO6/c10-5(1-2-9-8(14)15)3-6(11)4-7(12)13/h5-6,9-11H,1-4H2,(H,12,13)(H,14,15). The van der Waals surface area contributed by atoms with Crippen molar-refractivity contribution in [3.8, 4) is 0 Å². The van der Waals surface area contributed by atoms with Gasteiger partial charge >= 0.3 is 12.1 Å². The summed E-state index contributed by atoms with van der Waals surface area (Å²) in [6.45, 7) is 0.0658. The number of carbonyl (C=O) groups is 2. The predicted molar refractivity (Wildman–Crippen MR) is 49.5 cm³/mol. The van der Waals surface area contributed by atoms with Crippen LogP contribution in [0.25, 0.3) is 0 Å². The van der Waals surface area contributed by atoms with Crippen LogP contribution in [0.4, 0.5) is 4.79 Å². The molecule has 0 aromatic rings. The molecule has 0 aromatic heterocycles. The van der Waals surface area contributed by atoms with Crippen LogP contribution in [-0.4, -0.2) is 51.2 Å². The number of carboxylic acids is 1. The molecule has 0 rings (SSSR count). The Hall–Kier alpha value is -1.34. The van der Waals surface area contributed by atoms with Gasteiger partial charge in [-0.3, -0.25) is 4.79 Å². The van der Waals surface area contributed by atoms with E-state index in [2.05, 4.69) is 0 Å². The monoisotopic (exact) mass is 221 g/mol. The number of rotatable bonds is 7. The van der Waals surface area contributed by atoms with E-state index in [1.165, 1.54) is 0 Å². The second-order valence-corrected chi connectivity index (χ2v) is 3.16. The van der Waals surface area contributed by atoms with E-state index < -0.39 is 30.7 Å². The van der Waals surface area contributed by atoms with Gasteiger partial charge in [0.1, 0.15) is 0 Å². The minimum atomic E-state index is -1.19. The number of aliphatic hydroxyl groups is 2. The van der Waals surface area contributed by atoms with Gasteiger partial charge in [-0.15, -0.1) is 0 Å². The zero-order chi connectivity index (χ0) is 11.8. The van der Waals surface area contributed by atoms with Gasteiger partial charge in [0.25, 0.3) is 0 Å². The van der Waals surface area contributed by atoms with E-state index in [0.717, 1.165) is 0 Å². The summed E-state index contributed by atoms with van der Waals surface area (Å²) in [4.78, 5) is 20.2. The minimum absolute atomic E-state index is 0.0658. The first-order chi connectivity index (χ1) is 6.91. The Balaban J connectivity index is 3.59. The lowest BCUT2D eigenvalue weighted by molar-refractivity contribution is -0.139. The largest absolute Gasteiger partial charge is 0.481 e. The fourth-order valence-corrected chi connectivity index (χ4v) is 1.06. The molecule has 1 amide bonds. The maximum Gasteiger partial charge on any atom is 0.404 e. The highest BCUT2D eigenvalue weighted by molar-refractivity contribution is 5.67. The summed E-state index contributed by atoms with van der Waals surface area (Å²) in [5.41, 5.74) is 0. The molecule has 7 nitrogen and oxygen atoms in total. The summed E-state index contributed by atoms with van der Waals surface area (Å²) < 4.78 is 0. The summed E-state index contributed by atoms with van der Waals surface area (Å²) in [5, 5.41) is 37.0. The summed E-state index contributed by atoms with van der Waals surface area (Å²) in [6.07, 6.45) is -3.57. The number of hydrogen-bond acceptors (Lipinski definition) is 4. The lowest BCUT2D eigenvalue weighted by atomic mass is 10.1. The zero-order valence-corrected chi connectivity index (χ0v) is 8.09. The second kappa shape index (κ2) is 7.02. The molecule has 0 bridgehead atoms. The molecule has 0 heterocycles. The minimum Gasteiger partial charge on any atom is -0.481 e. The van der Waals surface area contributed by atoms with Gasteiger partial charge in [0.05, 0.1) is 18.6 Å². The van der Waals surface area contributed by atoms with E-state index in [1.54, 1.807) is 0 Å². The van der Waals surface area contributed by atoms with Gasteiger partial charge in [0, 0.05) is 6.54 Å². The summed E-state index contributed by atoms with van der Waals surface area (Å²) in [6, 6.07) is 0. The molecular formula is C8H15NO6. The third-order valence-corrected chi connectivity index (χ3v) is 1.71. The van der Waals surface area contributed by atoms with Gasteiger partial charge in [-0.1, -0.05) is 0 Å². The Morgan fingerprint density at radius 2 is 1.73 bits per heavy atom. The lowest BCUT2D eigenvalue weighted by Crippen LogP contribution is -2.27. The molecule has 0 fully saturated rings. The molecule has 7 heteroatoms. The van der Waals surface area contributed by atoms with Gasteiger partial charge in [0.15, 0.2) is 0 Å². The maximum atomic E-state index is 10.2. The zero-order valence-electron chi connectivity index (χ0n) is 8.09. The lowest BCUT2D eigenvalue weighted by Gasteiger charge is -2.13. The van der Waals surface area contributed by atoms with Crippen LogP contribution < -0.4 is 5.32 Å². The summed E-state index contributed by atoms with van der Waals surface area (Å²) in [7, 11) is 0. The Morgan fingerprint density at radius 1 is 1.13 bits per heavy atom. The normalized spacial score (nSPS) is 14.3. The Morgan fingerprint density at radius 3 is 2.20 bits per heavy atom. The first kappa shape index (κ1) is 13.7. The molecule has 0 aromatic carbocycles. The highest BCUT2D eigenvalue weighted by Gasteiger charge is 2.14. The molecule has 0 aliphatic rings. The van der Waals surface area contributed by atoms with Crippen molar-refractivity contribution in [3.05, 3.63) is 0 Å². The van der Waals surface area contributed by atoms with E-state index in [1.807, 2.05) is 5.32 Å². The van der Waals surface area contributed by atoms with Crippen LogP contribution in [0.2, 0.25) is 0 Å². The summed E-state index contributed by atoms with van der Waals surface area (Å²) in [5.74, 6) is -1.14. The van der Waals surface area contributed by atoms with Gasteiger partial charge in [-0.25, -0.2) is 4.79 Å². The highest BCUT2D eigenvalue weighted by atomic mass is 16.4. The number of amides is 1. The molecule has 2 unspecified atom stereocenters. The van der Waals surface area contributed by atoms with E-state index in [0.29, 0.717) is 0 Å². The molecule has 5 N–H and O–H groups in total. The Labute approximate surface area is 86.3 Å². The van der Waals surface area contributed by atoms with Crippen LogP contribution in [0, 0.1) is 0 Å². The van der Waals surface area contributed by atoms with E-state index in [4.69, 9.17) is 15.3 Å². The first-order valence-corrected chi connectivity index (χ1v) is 4.46. The average molecular weight is 221 g/mol. The third kappa shape index (κ3) is 8.98. The molecule has 88 valence electrons. The SMILES string of the molecule is O=C(O)CC(O)CC(O)CCNC(=O)O. The smallest absolute Gasteiger partial charge is 0.404 e. The molecule has 0 saturated carbocycles. The second-order valence-electron chi connectivity index (χ2n) is 3.16. The van der Waals surface area contributed by atoms with Gasteiger partial charge in [-0.2, -0.15) is 0 Å².